The number of aromatic nitrogens is 2. The van der Waals surface area contributed by atoms with Gasteiger partial charge in [-0.3, -0.25) is 4.98 Å². The molecule has 2 aromatic heterocycles. The number of nitrogens with zero attached hydrogens (tertiary/aromatic N) is 3. The summed E-state index contributed by atoms with van der Waals surface area (Å²) in [5.41, 5.74) is 6.89. The van der Waals surface area contributed by atoms with Crippen LogP contribution in [0.3, 0.4) is 0 Å². The van der Waals surface area contributed by atoms with Crippen LogP contribution in [0.2, 0.25) is 5.02 Å². The summed E-state index contributed by atoms with van der Waals surface area (Å²) in [6, 6.07) is 20.9. The van der Waals surface area contributed by atoms with Crippen LogP contribution in [0.25, 0.3) is 5.69 Å². The number of anilines is 1. The third-order valence-electron chi connectivity index (χ3n) is 6.51. The minimum atomic E-state index is -0.213. The van der Waals surface area contributed by atoms with Crippen molar-refractivity contribution in [3.8, 4) is 11.4 Å². The maximum Gasteiger partial charge on any atom is 0.174 e. The van der Waals surface area contributed by atoms with Gasteiger partial charge in [-0.2, -0.15) is 0 Å². The number of benzene rings is 2. The fraction of sp³-hybridized carbons (Fsp3) is 0.185. The Balaban J connectivity index is 1.72. The van der Waals surface area contributed by atoms with Gasteiger partial charge in [0.1, 0.15) is 5.75 Å². The molecule has 3 heterocycles. The first-order chi connectivity index (χ1) is 16.4. The molecule has 2 unspecified atom stereocenters. The molecule has 2 N–H and O–H groups in total. The quantitative estimate of drug-likeness (QED) is 0.328. The van der Waals surface area contributed by atoms with Crippen molar-refractivity contribution in [2.75, 3.05) is 4.90 Å². The van der Waals surface area contributed by atoms with Gasteiger partial charge in [0.2, 0.25) is 0 Å². The van der Waals surface area contributed by atoms with Gasteiger partial charge in [0.25, 0.3) is 0 Å². The summed E-state index contributed by atoms with van der Waals surface area (Å²) < 4.78 is 2.23. The summed E-state index contributed by atoms with van der Waals surface area (Å²) >= 11 is 12.3. The van der Waals surface area contributed by atoms with Crippen molar-refractivity contribution >= 4 is 34.6 Å². The largest absolute Gasteiger partial charge is 0.506 e. The standard InChI is InChI=1S/C27H25ClN4OS/c1-16-15-19(18(3)31(16)22-12-8-9-20(28)17(22)2)26-25(21-10-6-7-14-29-21)30-27(34)32(26)23-11-4-5-13-24(23)33/h4-15,25-26,33H,1-3H3,(H,30,34). The number of phenols is 1. The lowest BCUT2D eigenvalue weighted by Crippen LogP contribution is -2.29. The molecular formula is C27H25ClN4OS. The van der Waals surface area contributed by atoms with E-state index in [9.17, 15) is 5.11 Å². The van der Waals surface area contributed by atoms with Gasteiger partial charge in [-0.05, 0) is 86.6 Å². The molecule has 5 rings (SSSR count). The van der Waals surface area contributed by atoms with E-state index in [1.54, 1.807) is 12.3 Å². The van der Waals surface area contributed by atoms with Crippen molar-refractivity contribution in [1.82, 2.24) is 14.9 Å². The lowest BCUT2D eigenvalue weighted by atomic mass is 9.96. The van der Waals surface area contributed by atoms with Crippen molar-refractivity contribution in [2.45, 2.75) is 32.9 Å². The van der Waals surface area contributed by atoms with Crippen molar-refractivity contribution in [1.29, 1.82) is 0 Å². The molecule has 0 amide bonds. The Morgan fingerprint density at radius 3 is 2.44 bits per heavy atom. The van der Waals surface area contributed by atoms with Crippen LogP contribution in [-0.4, -0.2) is 19.8 Å². The van der Waals surface area contributed by atoms with Crippen LogP contribution in [0.15, 0.2) is 72.9 Å². The van der Waals surface area contributed by atoms with Crippen LogP contribution < -0.4 is 10.2 Å². The molecule has 34 heavy (non-hydrogen) atoms. The van der Waals surface area contributed by atoms with Crippen LogP contribution in [0, 0.1) is 20.8 Å². The summed E-state index contributed by atoms with van der Waals surface area (Å²) in [4.78, 5) is 6.63. The Kier molecular flexibility index (Phi) is 5.80. The minimum absolute atomic E-state index is 0.179. The highest BCUT2D eigenvalue weighted by molar-refractivity contribution is 7.80. The Labute approximate surface area is 209 Å². The molecule has 1 aliphatic heterocycles. The summed E-state index contributed by atoms with van der Waals surface area (Å²) in [5.74, 6) is 0.179. The number of hydrogen-bond acceptors (Lipinski definition) is 3. The van der Waals surface area contributed by atoms with Gasteiger partial charge in [-0.1, -0.05) is 35.9 Å². The van der Waals surface area contributed by atoms with E-state index in [-0.39, 0.29) is 17.8 Å². The molecule has 1 saturated heterocycles. The summed E-state index contributed by atoms with van der Waals surface area (Å²) in [6.07, 6.45) is 1.79. The Morgan fingerprint density at radius 1 is 0.971 bits per heavy atom. The summed E-state index contributed by atoms with van der Waals surface area (Å²) in [7, 11) is 0. The second-order valence-corrected chi connectivity index (χ2v) is 9.33. The van der Waals surface area contributed by atoms with Crippen molar-refractivity contribution in [3.05, 3.63) is 106 Å². The van der Waals surface area contributed by atoms with Crippen molar-refractivity contribution in [3.63, 3.8) is 0 Å². The fourth-order valence-corrected chi connectivity index (χ4v) is 5.40. The minimum Gasteiger partial charge on any atom is -0.506 e. The lowest BCUT2D eigenvalue weighted by Gasteiger charge is -2.28. The molecule has 1 fully saturated rings. The van der Waals surface area contributed by atoms with Crippen LogP contribution >= 0.6 is 23.8 Å². The van der Waals surface area contributed by atoms with Crippen molar-refractivity contribution in [2.24, 2.45) is 0 Å². The average molecular weight is 489 g/mol. The topological polar surface area (TPSA) is 53.3 Å². The van der Waals surface area contributed by atoms with E-state index in [1.807, 2.05) is 60.4 Å². The van der Waals surface area contributed by atoms with E-state index in [0.717, 1.165) is 38.9 Å². The lowest BCUT2D eigenvalue weighted by molar-refractivity contribution is 0.472. The van der Waals surface area contributed by atoms with Crippen LogP contribution in [0.4, 0.5) is 5.69 Å². The summed E-state index contributed by atoms with van der Waals surface area (Å²) in [6.45, 7) is 6.24. The fourth-order valence-electron chi connectivity index (χ4n) is 4.89. The highest BCUT2D eigenvalue weighted by atomic mass is 35.5. The number of hydrogen-bond donors (Lipinski definition) is 2. The zero-order valence-electron chi connectivity index (χ0n) is 19.2. The van der Waals surface area contributed by atoms with Gasteiger partial charge >= 0.3 is 0 Å². The monoisotopic (exact) mass is 488 g/mol. The SMILES string of the molecule is Cc1c(Cl)cccc1-n1c(C)cc(C2C(c3ccccn3)NC(=S)N2c2ccccc2O)c1C. The first-order valence-corrected chi connectivity index (χ1v) is 11.9. The highest BCUT2D eigenvalue weighted by Gasteiger charge is 2.43. The van der Waals surface area contributed by atoms with E-state index < -0.39 is 0 Å². The van der Waals surface area contributed by atoms with E-state index >= 15 is 0 Å². The second-order valence-electron chi connectivity index (χ2n) is 8.53. The first-order valence-electron chi connectivity index (χ1n) is 11.1. The normalized spacial score (nSPS) is 17.8. The number of thiocarbonyl (C=S) groups is 1. The number of nitrogens with one attached hydrogen (secondary N) is 1. The molecule has 0 bridgehead atoms. The molecule has 0 aliphatic carbocycles. The number of rotatable bonds is 4. The molecule has 4 aromatic rings. The molecule has 2 atom stereocenters. The van der Waals surface area contributed by atoms with E-state index in [2.05, 4.69) is 40.8 Å². The smallest absolute Gasteiger partial charge is 0.174 e. The van der Waals surface area contributed by atoms with Gasteiger partial charge in [-0.25, -0.2) is 0 Å². The number of halogens is 1. The Bertz CT molecular complexity index is 1380. The molecule has 0 saturated carbocycles. The number of para-hydroxylation sites is 2. The number of phenolic OH excluding ortho intramolecular Hbond substituents is 1. The van der Waals surface area contributed by atoms with Crippen LogP contribution in [0.1, 0.15) is 40.3 Å². The Hall–Kier alpha value is -3.35. The molecule has 1 aliphatic rings. The molecule has 172 valence electrons. The molecule has 0 radical (unpaired) electrons. The first kappa shape index (κ1) is 22.4. The number of aromatic hydroxyl groups is 1. The van der Waals surface area contributed by atoms with Gasteiger partial charge in [0.15, 0.2) is 5.11 Å². The van der Waals surface area contributed by atoms with Crippen LogP contribution in [0.5, 0.6) is 5.75 Å². The van der Waals surface area contributed by atoms with Crippen LogP contribution in [-0.2, 0) is 0 Å². The van der Waals surface area contributed by atoms with Gasteiger partial charge in [-0.15, -0.1) is 0 Å². The number of pyridine rings is 1. The number of aryl methyl sites for hydroxylation is 1. The predicted octanol–water partition coefficient (Wildman–Crippen LogP) is 6.33. The molecular weight excluding hydrogens is 464 g/mol. The second kappa shape index (κ2) is 8.78. The van der Waals surface area contributed by atoms with Gasteiger partial charge in [0.05, 0.1) is 23.5 Å². The third-order valence-corrected chi connectivity index (χ3v) is 7.23. The van der Waals surface area contributed by atoms with Crippen molar-refractivity contribution < 1.29 is 5.11 Å². The van der Waals surface area contributed by atoms with Gasteiger partial charge in [0, 0.05) is 28.3 Å². The molecule has 7 heteroatoms. The van der Waals surface area contributed by atoms with E-state index in [1.165, 1.54) is 0 Å². The summed E-state index contributed by atoms with van der Waals surface area (Å²) in [5, 5.41) is 15.5. The zero-order chi connectivity index (χ0) is 24.0. The average Bonchev–Trinajstić information content (AvgIpc) is 3.32. The maximum atomic E-state index is 10.7. The molecule has 5 nitrogen and oxygen atoms in total. The van der Waals surface area contributed by atoms with E-state index in [0.29, 0.717) is 10.8 Å². The third kappa shape index (κ3) is 3.63. The van der Waals surface area contributed by atoms with E-state index in [4.69, 9.17) is 23.8 Å². The molecule has 0 spiro atoms. The zero-order valence-corrected chi connectivity index (χ0v) is 20.7. The van der Waals surface area contributed by atoms with Gasteiger partial charge < -0.3 is 19.9 Å². The highest BCUT2D eigenvalue weighted by Crippen LogP contribution is 2.46. The predicted molar refractivity (Wildman–Crippen MR) is 141 cm³/mol. The maximum absolute atomic E-state index is 10.7. The molecule has 2 aromatic carbocycles. The Morgan fingerprint density at radius 2 is 1.71 bits per heavy atom.